The molecule has 0 aliphatic carbocycles. The predicted octanol–water partition coefficient (Wildman–Crippen LogP) is 1.79. The number of aliphatic hydroxyl groups is 1. The van der Waals surface area contributed by atoms with Gasteiger partial charge in [-0.05, 0) is 31.9 Å². The largest absolute Gasteiger partial charge is 0.378 e. The van der Waals surface area contributed by atoms with Crippen molar-refractivity contribution in [3.05, 3.63) is 35.4 Å². The molecule has 0 aliphatic rings. The lowest BCUT2D eigenvalue weighted by molar-refractivity contribution is -0.134. The van der Waals surface area contributed by atoms with E-state index in [0.717, 1.165) is 5.56 Å². The van der Waals surface area contributed by atoms with Crippen LogP contribution in [0.2, 0.25) is 0 Å². The molecule has 0 amide bonds. The molecule has 0 aliphatic heterocycles. The van der Waals surface area contributed by atoms with Gasteiger partial charge in [0.2, 0.25) is 0 Å². The first kappa shape index (κ1) is 9.93. The van der Waals surface area contributed by atoms with Gasteiger partial charge in [-0.2, -0.15) is 0 Å². The molecule has 0 fully saturated rings. The van der Waals surface area contributed by atoms with Gasteiger partial charge >= 0.3 is 0 Å². The molecule has 0 saturated heterocycles. The van der Waals surface area contributed by atoms with E-state index in [0.29, 0.717) is 5.56 Å². The van der Waals surface area contributed by atoms with Crippen LogP contribution in [-0.4, -0.2) is 10.9 Å². The van der Waals surface area contributed by atoms with Crippen LogP contribution in [0.4, 0.5) is 0 Å². The Hall–Kier alpha value is -1.15. The molecule has 2 heteroatoms. The van der Waals surface area contributed by atoms with E-state index in [1.807, 2.05) is 25.1 Å². The molecule has 0 saturated carbocycles. The number of benzene rings is 1. The molecule has 0 spiro atoms. The van der Waals surface area contributed by atoms with Gasteiger partial charge < -0.3 is 5.11 Å². The summed E-state index contributed by atoms with van der Waals surface area (Å²) in [6.07, 6.45) is 0. The normalized spacial score (nSPS) is 15.1. The highest BCUT2D eigenvalue weighted by Gasteiger charge is 2.29. The Morgan fingerprint density at radius 3 is 2.38 bits per heavy atom. The minimum Gasteiger partial charge on any atom is -0.378 e. The van der Waals surface area contributed by atoms with Crippen molar-refractivity contribution in [1.29, 1.82) is 0 Å². The van der Waals surface area contributed by atoms with Gasteiger partial charge in [0.25, 0.3) is 0 Å². The smallest absolute Gasteiger partial charge is 0.165 e. The maximum absolute atomic E-state index is 11.2. The van der Waals surface area contributed by atoms with Crippen LogP contribution in [0.25, 0.3) is 0 Å². The number of carbonyl (C=O) groups is 1. The van der Waals surface area contributed by atoms with E-state index < -0.39 is 5.60 Å². The highest BCUT2D eigenvalue weighted by atomic mass is 16.3. The van der Waals surface area contributed by atoms with Gasteiger partial charge in [0.1, 0.15) is 5.60 Å². The first-order valence-corrected chi connectivity index (χ1v) is 4.26. The molecule has 1 aromatic carbocycles. The van der Waals surface area contributed by atoms with Crippen molar-refractivity contribution in [2.75, 3.05) is 0 Å². The van der Waals surface area contributed by atoms with Gasteiger partial charge in [0, 0.05) is 0 Å². The summed E-state index contributed by atoms with van der Waals surface area (Å²) >= 11 is 0. The first-order valence-electron chi connectivity index (χ1n) is 4.26. The van der Waals surface area contributed by atoms with Gasteiger partial charge in [-0.15, -0.1) is 0 Å². The number of hydrogen-bond donors (Lipinski definition) is 1. The third-order valence-corrected chi connectivity index (χ3v) is 2.36. The van der Waals surface area contributed by atoms with E-state index in [1.54, 1.807) is 6.07 Å². The number of aryl methyl sites for hydroxylation is 1. The van der Waals surface area contributed by atoms with Crippen LogP contribution in [-0.2, 0) is 10.4 Å². The van der Waals surface area contributed by atoms with E-state index in [2.05, 4.69) is 0 Å². The second-order valence-corrected chi connectivity index (χ2v) is 3.44. The Kier molecular flexibility index (Phi) is 2.52. The molecule has 0 heterocycles. The number of carbonyl (C=O) groups excluding carboxylic acids is 1. The summed E-state index contributed by atoms with van der Waals surface area (Å²) in [5, 5.41) is 9.89. The summed E-state index contributed by atoms with van der Waals surface area (Å²) in [5.41, 5.74) is 0.260. The fraction of sp³-hybridized carbons (Fsp3) is 0.364. The lowest BCUT2D eigenvalue weighted by atomic mass is 9.89. The fourth-order valence-corrected chi connectivity index (χ4v) is 1.31. The summed E-state index contributed by atoms with van der Waals surface area (Å²) in [4.78, 5) is 11.2. The van der Waals surface area contributed by atoms with Crippen molar-refractivity contribution >= 4 is 5.78 Å². The Bertz CT molecular complexity index is 327. The van der Waals surface area contributed by atoms with Gasteiger partial charge in [-0.1, -0.05) is 24.3 Å². The van der Waals surface area contributed by atoms with E-state index in [9.17, 15) is 9.90 Å². The van der Waals surface area contributed by atoms with Crippen LogP contribution in [0, 0.1) is 6.92 Å². The molecule has 1 atom stereocenters. The summed E-state index contributed by atoms with van der Waals surface area (Å²) in [7, 11) is 0. The molecule has 0 aromatic heterocycles. The van der Waals surface area contributed by atoms with Gasteiger partial charge in [-0.25, -0.2) is 0 Å². The van der Waals surface area contributed by atoms with Crippen LogP contribution in [0.15, 0.2) is 24.3 Å². The quantitative estimate of drug-likeness (QED) is 0.749. The van der Waals surface area contributed by atoms with Gasteiger partial charge in [0.15, 0.2) is 5.78 Å². The van der Waals surface area contributed by atoms with Crippen LogP contribution in [0.5, 0.6) is 0 Å². The zero-order chi connectivity index (χ0) is 10.1. The molecule has 0 radical (unpaired) electrons. The molecule has 0 unspecified atom stereocenters. The highest BCUT2D eigenvalue weighted by molar-refractivity contribution is 5.85. The summed E-state index contributed by atoms with van der Waals surface area (Å²) in [5.74, 6) is -0.234. The van der Waals surface area contributed by atoms with Crippen molar-refractivity contribution in [1.82, 2.24) is 0 Å². The predicted molar refractivity (Wildman–Crippen MR) is 51.4 cm³/mol. The topological polar surface area (TPSA) is 37.3 Å². The molecule has 1 rings (SSSR count). The van der Waals surface area contributed by atoms with Crippen molar-refractivity contribution in [2.24, 2.45) is 0 Å². The zero-order valence-electron chi connectivity index (χ0n) is 8.16. The average molecular weight is 178 g/mol. The molecular weight excluding hydrogens is 164 g/mol. The third-order valence-electron chi connectivity index (χ3n) is 2.36. The minimum absolute atomic E-state index is 0.234. The van der Waals surface area contributed by atoms with E-state index in [4.69, 9.17) is 0 Å². The Labute approximate surface area is 78.2 Å². The minimum atomic E-state index is -1.36. The van der Waals surface area contributed by atoms with Crippen LogP contribution >= 0.6 is 0 Å². The molecule has 70 valence electrons. The fourth-order valence-electron chi connectivity index (χ4n) is 1.31. The summed E-state index contributed by atoms with van der Waals surface area (Å²) in [6.45, 7) is 4.80. The lowest BCUT2D eigenvalue weighted by Gasteiger charge is -2.22. The highest BCUT2D eigenvalue weighted by Crippen LogP contribution is 2.24. The van der Waals surface area contributed by atoms with E-state index >= 15 is 0 Å². The Morgan fingerprint density at radius 1 is 1.38 bits per heavy atom. The SMILES string of the molecule is CC(=O)[C@](C)(O)c1ccccc1C. The van der Waals surface area contributed by atoms with Crippen LogP contribution in [0.1, 0.15) is 25.0 Å². The number of Topliss-reactive ketones (excluding diaryl/α,β-unsaturated/α-hetero) is 1. The Morgan fingerprint density at radius 2 is 1.92 bits per heavy atom. The van der Waals surface area contributed by atoms with Gasteiger partial charge in [-0.3, -0.25) is 4.79 Å². The second kappa shape index (κ2) is 3.30. The van der Waals surface area contributed by atoms with Crippen molar-refractivity contribution in [2.45, 2.75) is 26.4 Å². The standard InChI is InChI=1S/C11H14O2/c1-8-6-4-5-7-10(8)11(3,13)9(2)12/h4-7,13H,1-3H3/t11-/m0/s1. The molecular formula is C11H14O2. The maximum Gasteiger partial charge on any atom is 0.165 e. The first-order chi connectivity index (χ1) is 5.96. The van der Waals surface area contributed by atoms with Crippen molar-refractivity contribution in [3.63, 3.8) is 0 Å². The Balaban J connectivity index is 3.22. The maximum atomic E-state index is 11.2. The van der Waals surface area contributed by atoms with Crippen molar-refractivity contribution < 1.29 is 9.90 Å². The number of hydrogen-bond acceptors (Lipinski definition) is 2. The van der Waals surface area contributed by atoms with Gasteiger partial charge in [0.05, 0.1) is 0 Å². The molecule has 1 aromatic rings. The van der Waals surface area contributed by atoms with E-state index in [-0.39, 0.29) is 5.78 Å². The number of rotatable bonds is 2. The lowest BCUT2D eigenvalue weighted by Crippen LogP contribution is -2.30. The molecule has 0 bridgehead atoms. The van der Waals surface area contributed by atoms with Crippen molar-refractivity contribution in [3.8, 4) is 0 Å². The second-order valence-electron chi connectivity index (χ2n) is 3.44. The monoisotopic (exact) mass is 178 g/mol. The summed E-state index contributed by atoms with van der Waals surface area (Å²) < 4.78 is 0. The van der Waals surface area contributed by atoms with Crippen LogP contribution in [0.3, 0.4) is 0 Å². The molecule has 2 nitrogen and oxygen atoms in total. The molecule has 13 heavy (non-hydrogen) atoms. The molecule has 1 N–H and O–H groups in total. The van der Waals surface area contributed by atoms with Crippen LogP contribution < -0.4 is 0 Å². The van der Waals surface area contributed by atoms with E-state index in [1.165, 1.54) is 13.8 Å². The average Bonchev–Trinajstić information content (AvgIpc) is 2.04. The zero-order valence-corrected chi connectivity index (χ0v) is 8.16. The third kappa shape index (κ3) is 1.78. The summed E-state index contributed by atoms with van der Waals surface area (Å²) in [6, 6.07) is 7.36. The number of ketones is 1.